The fourth-order valence-electron chi connectivity index (χ4n) is 3.13. The third kappa shape index (κ3) is 3.77. The van der Waals surface area contributed by atoms with Crippen molar-refractivity contribution < 1.29 is 17.9 Å². The van der Waals surface area contributed by atoms with Crippen molar-refractivity contribution in [3.63, 3.8) is 0 Å². The number of nitrogens with zero attached hydrogens (tertiary/aromatic N) is 1. The average molecular weight is 387 g/mol. The van der Waals surface area contributed by atoms with Crippen LogP contribution in [0.1, 0.15) is 31.7 Å². The maximum Gasteiger partial charge on any atom is 0.261 e. The van der Waals surface area contributed by atoms with Gasteiger partial charge in [-0.25, -0.2) is 13.4 Å². The molecule has 0 spiro atoms. The van der Waals surface area contributed by atoms with E-state index in [-0.39, 0.29) is 11.0 Å². The Bertz CT molecular complexity index is 1040. The van der Waals surface area contributed by atoms with Gasteiger partial charge in [-0.15, -0.1) is 0 Å². The zero-order valence-corrected chi connectivity index (χ0v) is 15.8. The van der Waals surface area contributed by atoms with E-state index in [9.17, 15) is 8.42 Å². The Labute approximate surface area is 157 Å². The molecule has 0 amide bonds. The van der Waals surface area contributed by atoms with E-state index in [0.29, 0.717) is 18.0 Å². The van der Waals surface area contributed by atoms with Crippen LogP contribution >= 0.6 is 0 Å². The van der Waals surface area contributed by atoms with Gasteiger partial charge in [-0.05, 0) is 62.2 Å². The maximum absolute atomic E-state index is 12.6. The number of sulfonamides is 1. The number of benzene rings is 2. The second-order valence-corrected chi connectivity index (χ2v) is 8.05. The number of aromatic nitrogens is 2. The number of hydrogen-bond donors (Lipinski definition) is 2. The van der Waals surface area contributed by atoms with E-state index in [1.54, 1.807) is 30.3 Å². The minimum Gasteiger partial charge on any atom is -0.494 e. The summed E-state index contributed by atoms with van der Waals surface area (Å²) in [6.07, 6.45) is 1.95. The first-order chi connectivity index (χ1) is 13.0. The highest BCUT2D eigenvalue weighted by Gasteiger charge is 2.21. The Kier molecular flexibility index (Phi) is 4.75. The van der Waals surface area contributed by atoms with Crippen molar-refractivity contribution in [2.24, 2.45) is 0 Å². The topological polar surface area (TPSA) is 93.3 Å². The molecule has 1 fully saturated rings. The van der Waals surface area contributed by atoms with Crippen LogP contribution in [-0.4, -0.2) is 31.6 Å². The highest BCUT2D eigenvalue weighted by molar-refractivity contribution is 7.92. The van der Waals surface area contributed by atoms with E-state index in [4.69, 9.17) is 9.47 Å². The van der Waals surface area contributed by atoms with Crippen LogP contribution in [0.2, 0.25) is 0 Å². The standard InChI is InChI=1S/C19H21N3O4S/c1-2-25-14-6-8-15(9-7-14)27(23,24)22-13-5-10-16-17(12-13)21-19(20-16)18-4-3-11-26-18/h5-10,12,18,22H,2-4,11H2,1H3,(H,20,21). The summed E-state index contributed by atoms with van der Waals surface area (Å²) in [6.45, 7) is 3.15. The molecule has 7 nitrogen and oxygen atoms in total. The van der Waals surface area contributed by atoms with Gasteiger partial charge in [0.15, 0.2) is 0 Å². The largest absolute Gasteiger partial charge is 0.494 e. The number of aromatic amines is 1. The summed E-state index contributed by atoms with van der Waals surface area (Å²) in [5.74, 6) is 1.42. The smallest absolute Gasteiger partial charge is 0.261 e. The normalized spacial score (nSPS) is 17.3. The molecule has 0 aliphatic carbocycles. The molecule has 0 saturated carbocycles. The molecule has 27 heavy (non-hydrogen) atoms. The predicted molar refractivity (Wildman–Crippen MR) is 102 cm³/mol. The zero-order chi connectivity index (χ0) is 18.9. The van der Waals surface area contributed by atoms with Gasteiger partial charge in [0.05, 0.1) is 28.2 Å². The van der Waals surface area contributed by atoms with Crippen molar-refractivity contribution in [2.75, 3.05) is 17.9 Å². The number of H-pyrrole nitrogens is 1. The van der Waals surface area contributed by atoms with Crippen LogP contribution in [0.4, 0.5) is 5.69 Å². The number of imidazole rings is 1. The van der Waals surface area contributed by atoms with Crippen molar-refractivity contribution >= 4 is 26.7 Å². The van der Waals surface area contributed by atoms with E-state index in [1.165, 1.54) is 12.1 Å². The first-order valence-corrected chi connectivity index (χ1v) is 10.4. The maximum atomic E-state index is 12.6. The quantitative estimate of drug-likeness (QED) is 0.674. The minimum atomic E-state index is -3.69. The van der Waals surface area contributed by atoms with Crippen LogP contribution in [0.3, 0.4) is 0 Å². The van der Waals surface area contributed by atoms with Crippen LogP contribution in [-0.2, 0) is 14.8 Å². The van der Waals surface area contributed by atoms with Gasteiger partial charge in [-0.1, -0.05) is 0 Å². The molecule has 1 aliphatic heterocycles. The molecular formula is C19H21N3O4S. The lowest BCUT2D eigenvalue weighted by atomic mass is 10.2. The molecule has 142 valence electrons. The Morgan fingerprint density at radius 1 is 1.26 bits per heavy atom. The molecule has 2 aromatic carbocycles. The molecular weight excluding hydrogens is 366 g/mol. The van der Waals surface area contributed by atoms with E-state index in [1.807, 2.05) is 6.92 Å². The Hall–Kier alpha value is -2.58. The second-order valence-electron chi connectivity index (χ2n) is 6.37. The fourth-order valence-corrected chi connectivity index (χ4v) is 4.18. The molecule has 1 unspecified atom stereocenters. The van der Waals surface area contributed by atoms with Gasteiger partial charge >= 0.3 is 0 Å². The van der Waals surface area contributed by atoms with E-state index < -0.39 is 10.0 Å². The van der Waals surface area contributed by atoms with Gasteiger partial charge in [0.1, 0.15) is 17.7 Å². The molecule has 1 aromatic heterocycles. The number of ether oxygens (including phenoxy) is 2. The lowest BCUT2D eigenvalue weighted by Gasteiger charge is -2.09. The molecule has 3 aromatic rings. The monoisotopic (exact) mass is 387 g/mol. The number of nitrogens with one attached hydrogen (secondary N) is 2. The SMILES string of the molecule is CCOc1ccc(S(=O)(=O)Nc2ccc3nc(C4CCCO4)[nH]c3c2)cc1. The van der Waals surface area contributed by atoms with Crippen LogP contribution in [0.25, 0.3) is 11.0 Å². The van der Waals surface area contributed by atoms with Gasteiger partial charge in [0.25, 0.3) is 10.0 Å². The molecule has 1 atom stereocenters. The fraction of sp³-hybridized carbons (Fsp3) is 0.316. The zero-order valence-electron chi connectivity index (χ0n) is 14.9. The molecule has 1 aliphatic rings. The van der Waals surface area contributed by atoms with Crippen molar-refractivity contribution in [2.45, 2.75) is 30.8 Å². The lowest BCUT2D eigenvalue weighted by Crippen LogP contribution is -2.12. The van der Waals surface area contributed by atoms with Gasteiger partial charge < -0.3 is 14.5 Å². The van der Waals surface area contributed by atoms with E-state index in [0.717, 1.165) is 36.3 Å². The van der Waals surface area contributed by atoms with Crippen molar-refractivity contribution in [1.29, 1.82) is 0 Å². The van der Waals surface area contributed by atoms with Crippen LogP contribution in [0, 0.1) is 0 Å². The summed E-state index contributed by atoms with van der Waals surface area (Å²) in [6, 6.07) is 11.6. The number of rotatable bonds is 6. The third-order valence-corrected chi connectivity index (χ3v) is 5.83. The number of fused-ring (bicyclic) bond motifs is 1. The van der Waals surface area contributed by atoms with Crippen molar-refractivity contribution in [3.8, 4) is 5.75 Å². The van der Waals surface area contributed by atoms with Crippen molar-refractivity contribution in [3.05, 3.63) is 48.3 Å². The number of hydrogen-bond acceptors (Lipinski definition) is 5. The highest BCUT2D eigenvalue weighted by atomic mass is 32.2. The third-order valence-electron chi connectivity index (χ3n) is 4.43. The van der Waals surface area contributed by atoms with Crippen molar-refractivity contribution in [1.82, 2.24) is 9.97 Å². The minimum absolute atomic E-state index is 0.0126. The molecule has 2 N–H and O–H groups in total. The second kappa shape index (κ2) is 7.21. The summed E-state index contributed by atoms with van der Waals surface area (Å²) >= 11 is 0. The Morgan fingerprint density at radius 3 is 2.78 bits per heavy atom. The summed E-state index contributed by atoms with van der Waals surface area (Å²) < 4.78 is 38.9. The van der Waals surface area contributed by atoms with Gasteiger partial charge in [-0.2, -0.15) is 0 Å². The summed E-state index contributed by atoms with van der Waals surface area (Å²) in [5, 5.41) is 0. The van der Waals surface area contributed by atoms with Gasteiger partial charge in [0.2, 0.25) is 0 Å². The summed E-state index contributed by atoms with van der Waals surface area (Å²) in [7, 11) is -3.69. The van der Waals surface area contributed by atoms with Crippen LogP contribution < -0.4 is 9.46 Å². The highest BCUT2D eigenvalue weighted by Crippen LogP contribution is 2.29. The summed E-state index contributed by atoms with van der Waals surface area (Å²) in [5.41, 5.74) is 2.02. The van der Waals surface area contributed by atoms with Gasteiger partial charge in [-0.3, -0.25) is 4.72 Å². The number of anilines is 1. The van der Waals surface area contributed by atoms with Crippen LogP contribution in [0.5, 0.6) is 5.75 Å². The van der Waals surface area contributed by atoms with Gasteiger partial charge in [0, 0.05) is 6.61 Å². The lowest BCUT2D eigenvalue weighted by molar-refractivity contribution is 0.106. The van der Waals surface area contributed by atoms with Crippen LogP contribution in [0.15, 0.2) is 47.4 Å². The predicted octanol–water partition coefficient (Wildman–Crippen LogP) is 3.61. The Morgan fingerprint density at radius 2 is 2.07 bits per heavy atom. The summed E-state index contributed by atoms with van der Waals surface area (Å²) in [4.78, 5) is 7.96. The molecule has 2 heterocycles. The molecule has 4 rings (SSSR count). The molecule has 0 bridgehead atoms. The molecule has 1 saturated heterocycles. The van der Waals surface area contributed by atoms with E-state index >= 15 is 0 Å². The Balaban J connectivity index is 1.56. The first kappa shape index (κ1) is 17.8. The average Bonchev–Trinajstić information content (AvgIpc) is 3.31. The molecule has 0 radical (unpaired) electrons. The molecule has 8 heteroatoms. The van der Waals surface area contributed by atoms with E-state index in [2.05, 4.69) is 14.7 Å². The first-order valence-electron chi connectivity index (χ1n) is 8.92.